The lowest BCUT2D eigenvalue weighted by Gasteiger charge is -2.19. The van der Waals surface area contributed by atoms with Gasteiger partial charge in [0.2, 0.25) is 5.75 Å². The minimum Gasteiger partial charge on any atom is -0.493 e. The number of imidazole rings is 1. The van der Waals surface area contributed by atoms with Gasteiger partial charge in [0, 0.05) is 17.7 Å². The molecule has 0 radical (unpaired) electrons. The van der Waals surface area contributed by atoms with Gasteiger partial charge in [-0.2, -0.15) is 5.26 Å². The summed E-state index contributed by atoms with van der Waals surface area (Å²) >= 11 is 0. The van der Waals surface area contributed by atoms with Crippen LogP contribution in [0, 0.1) is 17.1 Å². The highest BCUT2D eigenvalue weighted by molar-refractivity contribution is 5.87. The van der Waals surface area contributed by atoms with Gasteiger partial charge in [-0.15, -0.1) is 0 Å². The molecule has 4 aromatic rings. The van der Waals surface area contributed by atoms with E-state index >= 15 is 0 Å². The van der Waals surface area contributed by atoms with Gasteiger partial charge in [-0.05, 0) is 74.0 Å². The topological polar surface area (TPSA) is 72.0 Å². The van der Waals surface area contributed by atoms with Gasteiger partial charge in [-0.1, -0.05) is 0 Å². The van der Waals surface area contributed by atoms with E-state index in [0.717, 1.165) is 36.6 Å². The van der Waals surface area contributed by atoms with Gasteiger partial charge in [-0.3, -0.25) is 9.30 Å². The molecule has 36 heavy (non-hydrogen) atoms. The second kappa shape index (κ2) is 9.88. The van der Waals surface area contributed by atoms with Crippen LogP contribution in [-0.2, 0) is 6.54 Å². The van der Waals surface area contributed by atoms with Gasteiger partial charge in [0.05, 0.1) is 38.9 Å². The molecule has 0 amide bonds. The summed E-state index contributed by atoms with van der Waals surface area (Å²) in [6.07, 6.45) is 4.18. The van der Waals surface area contributed by atoms with Crippen LogP contribution in [0.5, 0.6) is 17.2 Å². The van der Waals surface area contributed by atoms with Gasteiger partial charge in [-0.25, -0.2) is 9.37 Å². The van der Waals surface area contributed by atoms with Crippen LogP contribution in [0.4, 0.5) is 4.39 Å². The molecule has 0 N–H and O–H groups in total. The zero-order valence-electron chi connectivity index (χ0n) is 20.5. The van der Waals surface area contributed by atoms with E-state index < -0.39 is 0 Å². The molecule has 184 valence electrons. The standard InChI is InChI=1S/C28H27FN4O3/c1-34-25-11-10-21(26(35-2)27(25)36-3)22-14-24(18-6-8-19(29)9-7-18)33-20(17-32-12-4-5-13-32)16-31-28(33)23(22)15-30/h6-11,14,16H,4-5,12-13,17H2,1-3H3. The molecule has 0 saturated carbocycles. The molecule has 1 fully saturated rings. The molecular formula is C28H27FN4O3. The fourth-order valence-electron chi connectivity index (χ4n) is 4.98. The minimum atomic E-state index is -0.312. The highest BCUT2D eigenvalue weighted by atomic mass is 19.1. The van der Waals surface area contributed by atoms with Crippen molar-refractivity contribution in [2.75, 3.05) is 34.4 Å². The molecule has 1 aliphatic heterocycles. The van der Waals surface area contributed by atoms with Crippen LogP contribution in [0.2, 0.25) is 0 Å². The summed E-state index contributed by atoms with van der Waals surface area (Å²) in [5, 5.41) is 10.3. The van der Waals surface area contributed by atoms with Crippen molar-refractivity contribution in [2.45, 2.75) is 19.4 Å². The SMILES string of the molecule is COc1ccc(-c2cc(-c3ccc(F)cc3)n3c(CN4CCCC4)cnc3c2C#N)c(OC)c1OC. The third kappa shape index (κ3) is 4.01. The molecule has 0 unspecified atom stereocenters. The monoisotopic (exact) mass is 486 g/mol. The number of hydrogen-bond acceptors (Lipinski definition) is 6. The summed E-state index contributed by atoms with van der Waals surface area (Å²) in [7, 11) is 4.65. The second-order valence-electron chi connectivity index (χ2n) is 8.71. The quantitative estimate of drug-likeness (QED) is 0.353. The van der Waals surface area contributed by atoms with Crippen LogP contribution < -0.4 is 14.2 Å². The Hall–Kier alpha value is -4.09. The maximum absolute atomic E-state index is 13.8. The first kappa shape index (κ1) is 23.6. The van der Waals surface area contributed by atoms with Gasteiger partial charge in [0.1, 0.15) is 17.4 Å². The fraction of sp³-hybridized carbons (Fsp3) is 0.286. The maximum atomic E-state index is 13.8. The average Bonchev–Trinajstić information content (AvgIpc) is 3.58. The summed E-state index contributed by atoms with van der Waals surface area (Å²) in [5.41, 5.74) is 4.87. The van der Waals surface area contributed by atoms with E-state index in [1.165, 1.54) is 25.0 Å². The lowest BCUT2D eigenvalue weighted by Crippen LogP contribution is -2.19. The predicted octanol–water partition coefficient (Wildman–Crippen LogP) is 5.30. The van der Waals surface area contributed by atoms with E-state index in [0.29, 0.717) is 39.6 Å². The molecular weight excluding hydrogens is 459 g/mol. The Morgan fingerprint density at radius 1 is 0.944 bits per heavy atom. The lowest BCUT2D eigenvalue weighted by molar-refractivity contribution is 0.325. The Labute approximate surface area is 209 Å². The number of methoxy groups -OCH3 is 3. The second-order valence-corrected chi connectivity index (χ2v) is 8.71. The smallest absolute Gasteiger partial charge is 0.203 e. The largest absolute Gasteiger partial charge is 0.493 e. The van der Waals surface area contributed by atoms with E-state index in [4.69, 9.17) is 19.2 Å². The van der Waals surface area contributed by atoms with Crippen molar-refractivity contribution < 1.29 is 18.6 Å². The van der Waals surface area contributed by atoms with E-state index in [2.05, 4.69) is 11.0 Å². The van der Waals surface area contributed by atoms with Crippen LogP contribution in [0.15, 0.2) is 48.7 Å². The molecule has 8 heteroatoms. The Morgan fingerprint density at radius 2 is 1.67 bits per heavy atom. The number of aromatic nitrogens is 2. The Kier molecular flexibility index (Phi) is 6.49. The summed E-state index contributed by atoms with van der Waals surface area (Å²) < 4.78 is 32.6. The van der Waals surface area contributed by atoms with Crippen molar-refractivity contribution in [1.82, 2.24) is 14.3 Å². The molecule has 2 aromatic heterocycles. The number of rotatable bonds is 7. The van der Waals surface area contributed by atoms with Crippen LogP contribution in [0.1, 0.15) is 24.1 Å². The highest BCUT2D eigenvalue weighted by Crippen LogP contribution is 2.46. The third-order valence-electron chi connectivity index (χ3n) is 6.68. The molecule has 7 nitrogen and oxygen atoms in total. The summed E-state index contributed by atoms with van der Waals surface area (Å²) in [6.45, 7) is 2.79. The Morgan fingerprint density at radius 3 is 2.31 bits per heavy atom. The van der Waals surface area contributed by atoms with E-state index in [-0.39, 0.29) is 5.82 Å². The fourth-order valence-corrected chi connectivity index (χ4v) is 4.98. The first-order valence-electron chi connectivity index (χ1n) is 11.8. The Bertz CT molecular complexity index is 1450. The number of halogens is 1. The summed E-state index contributed by atoms with van der Waals surface area (Å²) in [6, 6.07) is 14.3. The number of fused-ring (bicyclic) bond motifs is 1. The molecule has 3 heterocycles. The first-order valence-corrected chi connectivity index (χ1v) is 11.8. The zero-order valence-corrected chi connectivity index (χ0v) is 20.5. The number of benzene rings is 2. The first-order chi connectivity index (χ1) is 17.6. The number of hydrogen-bond donors (Lipinski definition) is 0. The van der Waals surface area contributed by atoms with E-state index in [9.17, 15) is 9.65 Å². The zero-order chi connectivity index (χ0) is 25.2. The molecule has 2 aromatic carbocycles. The number of nitrogens with zero attached hydrogens (tertiary/aromatic N) is 4. The Balaban J connectivity index is 1.81. The highest BCUT2D eigenvalue weighted by Gasteiger charge is 2.24. The van der Waals surface area contributed by atoms with E-state index in [1.54, 1.807) is 39.5 Å². The molecule has 0 aliphatic carbocycles. The van der Waals surface area contributed by atoms with Crippen molar-refractivity contribution >= 4 is 5.65 Å². The number of likely N-dealkylation sites (tertiary alicyclic amines) is 1. The number of nitriles is 1. The average molecular weight is 487 g/mol. The van der Waals surface area contributed by atoms with E-state index in [1.807, 2.05) is 22.7 Å². The van der Waals surface area contributed by atoms with Crippen LogP contribution in [0.25, 0.3) is 28.0 Å². The number of ether oxygens (including phenoxy) is 3. The van der Waals surface area contributed by atoms with Crippen molar-refractivity contribution in [3.05, 3.63) is 65.7 Å². The molecule has 5 rings (SSSR count). The summed E-state index contributed by atoms with van der Waals surface area (Å²) in [4.78, 5) is 7.08. The predicted molar refractivity (Wildman–Crippen MR) is 135 cm³/mol. The number of pyridine rings is 1. The van der Waals surface area contributed by atoms with Crippen LogP contribution in [0.3, 0.4) is 0 Å². The maximum Gasteiger partial charge on any atom is 0.203 e. The van der Waals surface area contributed by atoms with Crippen molar-refractivity contribution in [1.29, 1.82) is 5.26 Å². The molecule has 0 bridgehead atoms. The van der Waals surface area contributed by atoms with Gasteiger partial charge in [0.25, 0.3) is 0 Å². The molecule has 1 aliphatic rings. The third-order valence-corrected chi connectivity index (χ3v) is 6.68. The van der Waals surface area contributed by atoms with Crippen molar-refractivity contribution in [2.24, 2.45) is 0 Å². The van der Waals surface area contributed by atoms with Crippen molar-refractivity contribution in [3.8, 4) is 45.7 Å². The normalized spacial score (nSPS) is 13.6. The van der Waals surface area contributed by atoms with Gasteiger partial charge >= 0.3 is 0 Å². The van der Waals surface area contributed by atoms with Gasteiger partial charge in [0.15, 0.2) is 17.1 Å². The molecule has 1 saturated heterocycles. The summed E-state index contributed by atoms with van der Waals surface area (Å²) in [5.74, 6) is 1.09. The lowest BCUT2D eigenvalue weighted by atomic mass is 9.97. The van der Waals surface area contributed by atoms with Crippen molar-refractivity contribution in [3.63, 3.8) is 0 Å². The minimum absolute atomic E-state index is 0.312. The molecule has 0 spiro atoms. The van der Waals surface area contributed by atoms with Crippen LogP contribution in [-0.4, -0.2) is 48.7 Å². The van der Waals surface area contributed by atoms with Crippen LogP contribution >= 0.6 is 0 Å². The molecule has 0 atom stereocenters. The van der Waals surface area contributed by atoms with Gasteiger partial charge < -0.3 is 14.2 Å².